The van der Waals surface area contributed by atoms with E-state index in [0.717, 1.165) is 0 Å². The third-order valence-electron chi connectivity index (χ3n) is 5.58. The largest absolute Gasteiger partial charge is 0.462 e. The fourth-order valence-electron chi connectivity index (χ4n) is 3.79. The molecule has 6 atom stereocenters. The lowest BCUT2D eigenvalue weighted by molar-refractivity contribution is -0.149. The van der Waals surface area contributed by atoms with Gasteiger partial charge in [-0.05, 0) is 32.9 Å². The van der Waals surface area contributed by atoms with Gasteiger partial charge in [-0.2, -0.15) is 10.1 Å². The van der Waals surface area contributed by atoms with Crippen LogP contribution in [-0.2, 0) is 23.4 Å². The van der Waals surface area contributed by atoms with Crippen molar-refractivity contribution in [3.8, 4) is 5.75 Å². The first-order chi connectivity index (χ1) is 18.0. The Balaban J connectivity index is 1.52. The zero-order valence-corrected chi connectivity index (χ0v) is 21.8. The van der Waals surface area contributed by atoms with Crippen molar-refractivity contribution in [1.82, 2.24) is 24.6 Å². The maximum absolute atomic E-state index is 13.7. The summed E-state index contributed by atoms with van der Waals surface area (Å²) in [6.45, 7) is 4.38. The molecule has 1 aliphatic heterocycles. The number of aromatic nitrogens is 4. The second-order valence-corrected chi connectivity index (χ2v) is 10.6. The standard InChI is InChI=1S/C22H30N7O8P/c1-11(2)35-21(32)12(3)28-38(33,37-13-7-5-4-6-8-13)34-9-14-17(30)15(23)20(36-14)29-10-25-16-18(29)26-22(24)27-19(16)31/h4-8,10-12,14-15,17,20,30H,9,23H2,1-3H3,(H,28,33)(H3,24,26,27,31)/t12-,14-,15-,17-,20-,38+/m1/s1. The SMILES string of the molecule is CC(C)OC(=O)[C@@H](C)N[P@](=O)(OC[C@H]1O[C@@H](n2cnc3c(=O)[nH]c(N)nc32)[C@H](N)[C@@H]1O)Oc1ccccc1. The lowest BCUT2D eigenvalue weighted by Crippen LogP contribution is -2.41. The average Bonchev–Trinajstić information content (AvgIpc) is 3.39. The van der Waals surface area contributed by atoms with E-state index in [9.17, 15) is 19.3 Å². The highest BCUT2D eigenvalue weighted by molar-refractivity contribution is 7.52. The van der Waals surface area contributed by atoms with Gasteiger partial charge in [0.15, 0.2) is 17.4 Å². The van der Waals surface area contributed by atoms with Crippen LogP contribution in [0, 0.1) is 0 Å². The van der Waals surface area contributed by atoms with Gasteiger partial charge in [-0.15, -0.1) is 0 Å². The molecule has 4 rings (SSSR count). The summed E-state index contributed by atoms with van der Waals surface area (Å²) in [6.07, 6.45) is -2.44. The van der Waals surface area contributed by atoms with Crippen LogP contribution in [0.25, 0.3) is 11.2 Å². The molecule has 3 heterocycles. The molecule has 0 bridgehead atoms. The predicted molar refractivity (Wildman–Crippen MR) is 135 cm³/mol. The Bertz CT molecular complexity index is 1380. The molecule has 0 saturated carbocycles. The van der Waals surface area contributed by atoms with E-state index < -0.39 is 56.4 Å². The molecule has 0 amide bonds. The molecule has 38 heavy (non-hydrogen) atoms. The minimum atomic E-state index is -4.20. The van der Waals surface area contributed by atoms with Gasteiger partial charge in [0.1, 0.15) is 24.0 Å². The van der Waals surface area contributed by atoms with Crippen LogP contribution in [0.5, 0.6) is 5.75 Å². The van der Waals surface area contributed by atoms with Crippen molar-refractivity contribution in [3.05, 3.63) is 47.0 Å². The Hall–Kier alpha value is -3.33. The molecule has 206 valence electrons. The molecule has 15 nitrogen and oxygen atoms in total. The van der Waals surface area contributed by atoms with Crippen molar-refractivity contribution >= 4 is 30.8 Å². The number of nitrogen functional groups attached to an aromatic ring is 1. The van der Waals surface area contributed by atoms with Gasteiger partial charge in [-0.25, -0.2) is 9.55 Å². The number of carbonyl (C=O) groups is 1. The number of nitrogens with two attached hydrogens (primary N) is 2. The van der Waals surface area contributed by atoms with Crippen LogP contribution >= 0.6 is 7.75 Å². The van der Waals surface area contributed by atoms with Crippen LogP contribution in [-0.4, -0.2) is 67.6 Å². The number of imidazole rings is 1. The van der Waals surface area contributed by atoms with E-state index in [1.165, 1.54) is 17.8 Å². The van der Waals surface area contributed by atoms with Crippen LogP contribution < -0.4 is 26.6 Å². The molecule has 2 aromatic heterocycles. The Morgan fingerprint density at radius 1 is 1.32 bits per heavy atom. The molecule has 1 aromatic carbocycles. The fourth-order valence-corrected chi connectivity index (χ4v) is 5.29. The lowest BCUT2D eigenvalue weighted by Gasteiger charge is -2.25. The summed E-state index contributed by atoms with van der Waals surface area (Å²) in [7, 11) is -4.20. The van der Waals surface area contributed by atoms with Crippen LogP contribution in [0.1, 0.15) is 27.0 Å². The number of rotatable bonds is 10. The van der Waals surface area contributed by atoms with E-state index in [1.54, 1.807) is 44.2 Å². The number of benzene rings is 1. The zero-order chi connectivity index (χ0) is 27.6. The topological polar surface area (TPSA) is 219 Å². The number of esters is 1. The number of aliphatic hydroxyl groups is 1. The fraction of sp³-hybridized carbons (Fsp3) is 0.455. The van der Waals surface area contributed by atoms with Gasteiger partial charge in [0.25, 0.3) is 5.56 Å². The molecule has 16 heteroatoms. The van der Waals surface area contributed by atoms with Crippen molar-refractivity contribution in [1.29, 1.82) is 0 Å². The highest BCUT2D eigenvalue weighted by atomic mass is 31.2. The van der Waals surface area contributed by atoms with Gasteiger partial charge in [-0.1, -0.05) is 18.2 Å². The summed E-state index contributed by atoms with van der Waals surface area (Å²) < 4.78 is 37.3. The van der Waals surface area contributed by atoms with Gasteiger partial charge < -0.3 is 30.6 Å². The van der Waals surface area contributed by atoms with Crippen molar-refractivity contribution < 1.29 is 33.0 Å². The minimum absolute atomic E-state index is 0.0106. The molecule has 0 aliphatic carbocycles. The summed E-state index contributed by atoms with van der Waals surface area (Å²) >= 11 is 0. The van der Waals surface area contributed by atoms with Crippen LogP contribution in [0.15, 0.2) is 41.5 Å². The molecule has 3 aromatic rings. The smallest absolute Gasteiger partial charge is 0.459 e. The summed E-state index contributed by atoms with van der Waals surface area (Å²) in [5.74, 6) is -0.575. The maximum Gasteiger partial charge on any atom is 0.459 e. The number of nitrogens with one attached hydrogen (secondary N) is 2. The van der Waals surface area contributed by atoms with E-state index in [-0.39, 0.29) is 29.0 Å². The first-order valence-corrected chi connectivity index (χ1v) is 13.3. The van der Waals surface area contributed by atoms with E-state index in [2.05, 4.69) is 20.0 Å². The summed E-state index contributed by atoms with van der Waals surface area (Å²) in [5, 5.41) is 13.3. The molecule has 0 radical (unpaired) electrons. The number of para-hydroxylation sites is 1. The van der Waals surface area contributed by atoms with Crippen molar-refractivity contribution in [2.45, 2.75) is 57.4 Å². The number of nitrogens with zero attached hydrogens (tertiary/aromatic N) is 3. The first kappa shape index (κ1) is 27.7. The van der Waals surface area contributed by atoms with E-state index in [1.807, 2.05) is 0 Å². The molecule has 7 N–H and O–H groups in total. The zero-order valence-electron chi connectivity index (χ0n) is 20.9. The van der Waals surface area contributed by atoms with Crippen molar-refractivity contribution in [2.24, 2.45) is 5.73 Å². The van der Waals surface area contributed by atoms with Crippen LogP contribution in [0.3, 0.4) is 0 Å². The number of ether oxygens (including phenoxy) is 2. The molecule has 1 saturated heterocycles. The Morgan fingerprint density at radius 2 is 2.03 bits per heavy atom. The van der Waals surface area contributed by atoms with Crippen molar-refractivity contribution in [3.63, 3.8) is 0 Å². The maximum atomic E-state index is 13.7. The predicted octanol–water partition coefficient (Wildman–Crippen LogP) is 0.421. The minimum Gasteiger partial charge on any atom is -0.462 e. The van der Waals surface area contributed by atoms with E-state index in [4.69, 9.17) is 30.0 Å². The Morgan fingerprint density at radius 3 is 2.71 bits per heavy atom. The van der Waals surface area contributed by atoms with E-state index in [0.29, 0.717) is 0 Å². The quantitative estimate of drug-likeness (QED) is 0.171. The first-order valence-electron chi connectivity index (χ1n) is 11.8. The molecular weight excluding hydrogens is 521 g/mol. The summed E-state index contributed by atoms with van der Waals surface area (Å²) in [5.41, 5.74) is 11.4. The Labute approximate surface area is 217 Å². The average molecular weight is 551 g/mol. The lowest BCUT2D eigenvalue weighted by atomic mass is 10.1. The molecule has 0 unspecified atom stereocenters. The molecule has 0 spiro atoms. The number of carbonyl (C=O) groups excluding carboxylic acids is 1. The number of hydrogen-bond donors (Lipinski definition) is 5. The third kappa shape index (κ3) is 6.04. The summed E-state index contributed by atoms with van der Waals surface area (Å²) in [4.78, 5) is 34.9. The number of H-pyrrole nitrogens is 1. The third-order valence-corrected chi connectivity index (χ3v) is 7.22. The number of aliphatic hydroxyl groups excluding tert-OH is 1. The van der Waals surface area contributed by atoms with E-state index >= 15 is 0 Å². The number of aromatic amines is 1. The number of anilines is 1. The van der Waals surface area contributed by atoms with Gasteiger partial charge in [0, 0.05) is 0 Å². The van der Waals surface area contributed by atoms with Gasteiger partial charge >= 0.3 is 13.7 Å². The number of hydrogen-bond acceptors (Lipinski definition) is 12. The highest BCUT2D eigenvalue weighted by Gasteiger charge is 2.45. The molecular formula is C22H30N7O8P. The van der Waals surface area contributed by atoms with Crippen LogP contribution in [0.4, 0.5) is 5.95 Å². The summed E-state index contributed by atoms with van der Waals surface area (Å²) in [6, 6.07) is 6.16. The Kier molecular flexibility index (Phi) is 8.16. The number of fused-ring (bicyclic) bond motifs is 1. The van der Waals surface area contributed by atoms with Crippen molar-refractivity contribution in [2.75, 3.05) is 12.3 Å². The highest BCUT2D eigenvalue weighted by Crippen LogP contribution is 2.46. The second-order valence-electron chi connectivity index (χ2n) is 8.94. The monoisotopic (exact) mass is 551 g/mol. The van der Waals surface area contributed by atoms with Gasteiger partial charge in [-0.3, -0.25) is 23.7 Å². The van der Waals surface area contributed by atoms with Gasteiger partial charge in [0.05, 0.1) is 25.1 Å². The molecule has 1 fully saturated rings. The van der Waals surface area contributed by atoms with Crippen LogP contribution in [0.2, 0.25) is 0 Å². The molecule has 1 aliphatic rings. The second kappa shape index (κ2) is 11.2. The van der Waals surface area contributed by atoms with Gasteiger partial charge in [0.2, 0.25) is 5.95 Å². The normalized spacial score (nSPS) is 23.8.